The number of thioether (sulfide) groups is 2. The van der Waals surface area contributed by atoms with Crippen LogP contribution < -0.4 is 5.32 Å². The molecule has 1 atom stereocenters. The van der Waals surface area contributed by atoms with Crippen molar-refractivity contribution in [1.82, 2.24) is 5.32 Å². The van der Waals surface area contributed by atoms with Gasteiger partial charge in [0, 0.05) is 11.3 Å². The van der Waals surface area contributed by atoms with Crippen LogP contribution in [0, 0.1) is 5.92 Å². The number of amidine groups is 1. The summed E-state index contributed by atoms with van der Waals surface area (Å²) in [4.78, 5) is 4.63. The lowest BCUT2D eigenvalue weighted by molar-refractivity contribution is 0.568. The summed E-state index contributed by atoms with van der Waals surface area (Å²) in [7, 11) is 0. The maximum atomic E-state index is 4.63. The van der Waals surface area contributed by atoms with E-state index < -0.39 is 0 Å². The Morgan fingerprint density at radius 1 is 1.38 bits per heavy atom. The Kier molecular flexibility index (Phi) is 4.89. The molecule has 0 aromatic carbocycles. The van der Waals surface area contributed by atoms with Gasteiger partial charge in [0.1, 0.15) is 0 Å². The van der Waals surface area contributed by atoms with Crippen LogP contribution in [0.4, 0.5) is 0 Å². The molecule has 0 amide bonds. The second-order valence-electron chi connectivity index (χ2n) is 5.05. The average molecular weight is 258 g/mol. The van der Waals surface area contributed by atoms with E-state index in [9.17, 15) is 0 Å². The summed E-state index contributed by atoms with van der Waals surface area (Å²) < 4.78 is 0. The van der Waals surface area contributed by atoms with E-state index in [1.807, 2.05) is 11.8 Å². The Morgan fingerprint density at radius 2 is 2.12 bits per heavy atom. The minimum Gasteiger partial charge on any atom is -0.362 e. The summed E-state index contributed by atoms with van der Waals surface area (Å²) in [5, 5.41) is 5.55. The van der Waals surface area contributed by atoms with Crippen molar-refractivity contribution in [2.75, 3.05) is 18.1 Å². The van der Waals surface area contributed by atoms with Crippen LogP contribution in [0.5, 0.6) is 0 Å². The monoisotopic (exact) mass is 258 g/mol. The largest absolute Gasteiger partial charge is 0.362 e. The molecule has 1 saturated heterocycles. The van der Waals surface area contributed by atoms with Crippen LogP contribution in [0.2, 0.25) is 0 Å². The molecule has 0 aromatic rings. The van der Waals surface area contributed by atoms with Gasteiger partial charge in [-0.3, -0.25) is 4.99 Å². The normalized spacial score (nSPS) is 27.2. The standard InChI is InChI=1S/C12H22N2S2/c1-9(2)7-11-8-13-12(16-11)14-10-3-5-15-6-4-10/h9-11H,3-8H2,1-2H3,(H,13,14). The Bertz CT molecular complexity index is 247. The van der Waals surface area contributed by atoms with Crippen molar-refractivity contribution in [3.05, 3.63) is 0 Å². The maximum Gasteiger partial charge on any atom is 0.157 e. The fourth-order valence-corrected chi connectivity index (χ4v) is 4.60. The molecule has 2 aliphatic heterocycles. The number of aliphatic imine (C=N–C) groups is 1. The summed E-state index contributed by atoms with van der Waals surface area (Å²) in [5.74, 6) is 3.41. The molecular formula is C12H22N2S2. The second kappa shape index (κ2) is 6.20. The van der Waals surface area contributed by atoms with Gasteiger partial charge in [-0.15, -0.1) is 0 Å². The van der Waals surface area contributed by atoms with E-state index in [-0.39, 0.29) is 0 Å². The Balaban J connectivity index is 1.71. The van der Waals surface area contributed by atoms with Gasteiger partial charge in [-0.1, -0.05) is 25.6 Å². The minimum absolute atomic E-state index is 0.685. The summed E-state index contributed by atoms with van der Waals surface area (Å²) in [5.41, 5.74) is 0. The molecule has 1 N–H and O–H groups in total. The number of nitrogens with zero attached hydrogens (tertiary/aromatic N) is 1. The molecule has 0 spiro atoms. The molecule has 92 valence electrons. The smallest absolute Gasteiger partial charge is 0.157 e. The van der Waals surface area contributed by atoms with Gasteiger partial charge < -0.3 is 5.32 Å². The molecule has 16 heavy (non-hydrogen) atoms. The Labute approximate surface area is 107 Å². The first-order valence-electron chi connectivity index (χ1n) is 6.29. The van der Waals surface area contributed by atoms with Gasteiger partial charge in [-0.25, -0.2) is 0 Å². The summed E-state index contributed by atoms with van der Waals surface area (Å²) in [6.07, 6.45) is 3.90. The predicted molar refractivity (Wildman–Crippen MR) is 76.6 cm³/mol. The molecule has 0 radical (unpaired) electrons. The fourth-order valence-electron chi connectivity index (χ4n) is 2.16. The zero-order valence-corrected chi connectivity index (χ0v) is 11.9. The summed E-state index contributed by atoms with van der Waals surface area (Å²) in [6.45, 7) is 5.61. The molecule has 0 bridgehead atoms. The topological polar surface area (TPSA) is 24.4 Å². The quantitative estimate of drug-likeness (QED) is 0.842. The molecule has 2 heterocycles. The van der Waals surface area contributed by atoms with Crippen LogP contribution >= 0.6 is 23.5 Å². The summed E-state index contributed by atoms with van der Waals surface area (Å²) in [6, 6.07) is 0.685. The maximum absolute atomic E-state index is 4.63. The predicted octanol–water partition coefficient (Wildman–Crippen LogP) is 2.99. The van der Waals surface area contributed by atoms with Crippen LogP contribution in [0.1, 0.15) is 33.1 Å². The van der Waals surface area contributed by atoms with Gasteiger partial charge in [-0.2, -0.15) is 11.8 Å². The third-order valence-corrected chi connectivity index (χ3v) is 5.19. The van der Waals surface area contributed by atoms with Crippen molar-refractivity contribution in [3.63, 3.8) is 0 Å². The first kappa shape index (κ1) is 12.6. The van der Waals surface area contributed by atoms with Crippen LogP contribution in [0.15, 0.2) is 4.99 Å². The van der Waals surface area contributed by atoms with E-state index in [2.05, 4.69) is 35.9 Å². The van der Waals surface area contributed by atoms with E-state index in [0.29, 0.717) is 6.04 Å². The van der Waals surface area contributed by atoms with Crippen molar-refractivity contribution in [2.24, 2.45) is 10.9 Å². The molecule has 0 saturated carbocycles. The van der Waals surface area contributed by atoms with Crippen LogP contribution in [0.25, 0.3) is 0 Å². The molecule has 0 aromatic heterocycles. The highest BCUT2D eigenvalue weighted by atomic mass is 32.2. The number of hydrogen-bond acceptors (Lipinski definition) is 4. The molecule has 2 nitrogen and oxygen atoms in total. The third-order valence-electron chi connectivity index (χ3n) is 3.00. The second-order valence-corrected chi connectivity index (χ2v) is 7.56. The van der Waals surface area contributed by atoms with Crippen LogP contribution in [-0.4, -0.2) is 34.5 Å². The molecule has 1 unspecified atom stereocenters. The molecule has 2 rings (SSSR count). The van der Waals surface area contributed by atoms with Crippen LogP contribution in [-0.2, 0) is 0 Å². The molecule has 1 fully saturated rings. The molecular weight excluding hydrogens is 236 g/mol. The van der Waals surface area contributed by atoms with Crippen LogP contribution in [0.3, 0.4) is 0 Å². The molecule has 4 heteroatoms. The lowest BCUT2D eigenvalue weighted by Gasteiger charge is -2.23. The van der Waals surface area contributed by atoms with E-state index in [4.69, 9.17) is 0 Å². The van der Waals surface area contributed by atoms with Crippen molar-refractivity contribution in [2.45, 2.75) is 44.4 Å². The lowest BCUT2D eigenvalue weighted by Crippen LogP contribution is -2.35. The highest BCUT2D eigenvalue weighted by molar-refractivity contribution is 8.14. The van der Waals surface area contributed by atoms with Gasteiger partial charge in [-0.05, 0) is 36.7 Å². The number of nitrogens with one attached hydrogen (secondary N) is 1. The van der Waals surface area contributed by atoms with Gasteiger partial charge in [0.15, 0.2) is 5.17 Å². The van der Waals surface area contributed by atoms with Gasteiger partial charge in [0.05, 0.1) is 6.54 Å². The average Bonchev–Trinajstić information content (AvgIpc) is 2.66. The fraction of sp³-hybridized carbons (Fsp3) is 0.917. The number of rotatable bonds is 3. The van der Waals surface area contributed by atoms with Crippen molar-refractivity contribution >= 4 is 28.7 Å². The summed E-state index contributed by atoms with van der Waals surface area (Å²) >= 11 is 4.04. The Morgan fingerprint density at radius 3 is 2.81 bits per heavy atom. The molecule has 2 aliphatic rings. The van der Waals surface area contributed by atoms with Gasteiger partial charge in [0.2, 0.25) is 0 Å². The minimum atomic E-state index is 0.685. The highest BCUT2D eigenvalue weighted by Gasteiger charge is 2.23. The van der Waals surface area contributed by atoms with Gasteiger partial charge >= 0.3 is 0 Å². The van der Waals surface area contributed by atoms with Crippen molar-refractivity contribution in [3.8, 4) is 0 Å². The van der Waals surface area contributed by atoms with E-state index >= 15 is 0 Å². The van der Waals surface area contributed by atoms with Crippen molar-refractivity contribution in [1.29, 1.82) is 0 Å². The van der Waals surface area contributed by atoms with E-state index in [1.54, 1.807) is 0 Å². The third kappa shape index (κ3) is 3.88. The SMILES string of the molecule is CC(C)CC1CN=C(NC2CCSCC2)S1. The first-order chi connectivity index (χ1) is 7.74. The Hall–Kier alpha value is 0.170. The zero-order chi connectivity index (χ0) is 11.4. The van der Waals surface area contributed by atoms with Gasteiger partial charge in [0.25, 0.3) is 0 Å². The molecule has 0 aliphatic carbocycles. The highest BCUT2D eigenvalue weighted by Crippen LogP contribution is 2.26. The zero-order valence-electron chi connectivity index (χ0n) is 10.2. The van der Waals surface area contributed by atoms with Crippen molar-refractivity contribution < 1.29 is 0 Å². The number of hydrogen-bond donors (Lipinski definition) is 1. The lowest BCUT2D eigenvalue weighted by atomic mass is 10.1. The van der Waals surface area contributed by atoms with E-state index in [1.165, 1.54) is 35.9 Å². The van der Waals surface area contributed by atoms with E-state index in [0.717, 1.165) is 17.7 Å². The first-order valence-corrected chi connectivity index (χ1v) is 8.33.